The van der Waals surface area contributed by atoms with Crippen molar-refractivity contribution in [1.29, 1.82) is 0 Å². The molecule has 1 heterocycles. The van der Waals surface area contributed by atoms with Crippen molar-refractivity contribution in [3.8, 4) is 0 Å². The fourth-order valence-electron chi connectivity index (χ4n) is 1.77. The lowest BCUT2D eigenvalue weighted by Crippen LogP contribution is -2.21. The van der Waals surface area contributed by atoms with Crippen LogP contribution in [-0.4, -0.2) is 17.6 Å². The Morgan fingerprint density at radius 1 is 1.50 bits per heavy atom. The van der Waals surface area contributed by atoms with Gasteiger partial charge in [-0.15, -0.1) is 0 Å². The second-order valence-electron chi connectivity index (χ2n) is 3.31. The fraction of sp³-hybridized carbons (Fsp3) is 0.300. The minimum Gasteiger partial charge on any atom is -0.478 e. The predicted octanol–water partition coefficient (Wildman–Crippen LogP) is 2.49. The molecule has 0 radical (unpaired) electrons. The Morgan fingerprint density at radius 2 is 2.29 bits per heavy atom. The molecule has 0 unspecified atom stereocenters. The lowest BCUT2D eigenvalue weighted by molar-refractivity contribution is 0.0697. The summed E-state index contributed by atoms with van der Waals surface area (Å²) in [6.45, 7) is 0.928. The SMILES string of the molecule is O=C(O)c1cccc2c1N(I)CCC2. The van der Waals surface area contributed by atoms with E-state index in [2.05, 4.69) is 22.9 Å². The number of anilines is 1. The Bertz CT molecular complexity index is 378. The number of hydrogen-bond acceptors (Lipinski definition) is 2. The first-order chi connectivity index (χ1) is 6.70. The summed E-state index contributed by atoms with van der Waals surface area (Å²) in [4.78, 5) is 11.0. The highest BCUT2D eigenvalue weighted by molar-refractivity contribution is 14.1. The number of halogens is 1. The zero-order valence-electron chi connectivity index (χ0n) is 7.53. The van der Waals surface area contributed by atoms with Gasteiger partial charge in [-0.3, -0.25) is 0 Å². The number of aryl methyl sites for hydroxylation is 1. The number of carboxylic acids is 1. The van der Waals surface area contributed by atoms with Gasteiger partial charge in [0, 0.05) is 6.54 Å². The van der Waals surface area contributed by atoms with Crippen molar-refractivity contribution in [1.82, 2.24) is 0 Å². The molecule has 0 spiro atoms. The third-order valence-electron chi connectivity index (χ3n) is 2.39. The van der Waals surface area contributed by atoms with E-state index < -0.39 is 5.97 Å². The van der Waals surface area contributed by atoms with Crippen molar-refractivity contribution in [2.24, 2.45) is 0 Å². The standard InChI is InChI=1S/C10H10INO2/c11-12-6-2-4-7-3-1-5-8(9(7)12)10(13)14/h1,3,5H,2,4,6H2,(H,13,14). The largest absolute Gasteiger partial charge is 0.478 e. The first-order valence-electron chi connectivity index (χ1n) is 4.48. The molecule has 1 aromatic carbocycles. The van der Waals surface area contributed by atoms with Crippen LogP contribution in [0.25, 0.3) is 0 Å². The Hall–Kier alpha value is -0.780. The number of nitrogens with zero attached hydrogens (tertiary/aromatic N) is 1. The molecule has 1 aliphatic heterocycles. The van der Waals surface area contributed by atoms with Crippen LogP contribution in [0.1, 0.15) is 22.3 Å². The lowest BCUT2D eigenvalue weighted by Gasteiger charge is -2.26. The van der Waals surface area contributed by atoms with Crippen LogP contribution in [0, 0.1) is 0 Å². The molecule has 1 N–H and O–H groups in total. The summed E-state index contributed by atoms with van der Waals surface area (Å²) >= 11 is 2.18. The highest BCUT2D eigenvalue weighted by atomic mass is 127. The number of carbonyl (C=O) groups is 1. The van der Waals surface area contributed by atoms with E-state index in [-0.39, 0.29) is 0 Å². The van der Waals surface area contributed by atoms with Gasteiger partial charge in [0.2, 0.25) is 0 Å². The predicted molar refractivity (Wildman–Crippen MR) is 63.1 cm³/mol. The molecule has 0 aromatic heterocycles. The van der Waals surface area contributed by atoms with Gasteiger partial charge in [0.15, 0.2) is 0 Å². The fourth-order valence-corrected chi connectivity index (χ4v) is 2.68. The summed E-state index contributed by atoms with van der Waals surface area (Å²) in [5.74, 6) is -0.842. The summed E-state index contributed by atoms with van der Waals surface area (Å²) in [5.41, 5.74) is 2.44. The van der Waals surface area contributed by atoms with Crippen molar-refractivity contribution in [2.45, 2.75) is 12.8 Å². The number of hydrogen-bond donors (Lipinski definition) is 1. The number of carboxylic acid groups (broad SMARTS) is 1. The van der Waals surface area contributed by atoms with E-state index in [4.69, 9.17) is 5.11 Å². The van der Waals surface area contributed by atoms with E-state index in [1.807, 2.05) is 15.2 Å². The molecule has 74 valence electrons. The summed E-state index contributed by atoms with van der Waals surface area (Å²) in [6.07, 6.45) is 2.08. The Balaban J connectivity index is 2.57. The molecule has 0 fully saturated rings. The molecular formula is C10H10INO2. The first kappa shape index (κ1) is 9.76. The minimum atomic E-state index is -0.842. The van der Waals surface area contributed by atoms with Crippen molar-refractivity contribution < 1.29 is 9.90 Å². The van der Waals surface area contributed by atoms with Gasteiger partial charge in [-0.25, -0.2) is 4.79 Å². The number of fused-ring (bicyclic) bond motifs is 1. The lowest BCUT2D eigenvalue weighted by atomic mass is 9.99. The highest BCUT2D eigenvalue weighted by Gasteiger charge is 2.21. The van der Waals surface area contributed by atoms with Crippen LogP contribution in [0.4, 0.5) is 5.69 Å². The molecule has 3 nitrogen and oxygen atoms in total. The molecule has 0 saturated heterocycles. The summed E-state index contributed by atoms with van der Waals surface area (Å²) in [6, 6.07) is 5.49. The molecule has 14 heavy (non-hydrogen) atoms. The van der Waals surface area contributed by atoms with E-state index in [0.29, 0.717) is 5.56 Å². The van der Waals surface area contributed by atoms with Gasteiger partial charge in [0.1, 0.15) is 0 Å². The summed E-state index contributed by atoms with van der Waals surface area (Å²) in [7, 11) is 0. The quantitative estimate of drug-likeness (QED) is 0.640. The second kappa shape index (κ2) is 3.76. The minimum absolute atomic E-state index is 0.414. The smallest absolute Gasteiger partial charge is 0.337 e. The van der Waals surface area contributed by atoms with Crippen molar-refractivity contribution in [2.75, 3.05) is 9.66 Å². The van der Waals surface area contributed by atoms with Crippen LogP contribution < -0.4 is 3.11 Å². The van der Waals surface area contributed by atoms with Crippen LogP contribution in [0.15, 0.2) is 18.2 Å². The maximum atomic E-state index is 11.0. The maximum Gasteiger partial charge on any atom is 0.337 e. The van der Waals surface area contributed by atoms with Crippen LogP contribution in [-0.2, 0) is 6.42 Å². The van der Waals surface area contributed by atoms with Crippen molar-refractivity contribution in [3.63, 3.8) is 0 Å². The number of rotatable bonds is 1. The molecule has 0 bridgehead atoms. The zero-order valence-corrected chi connectivity index (χ0v) is 9.69. The topological polar surface area (TPSA) is 40.5 Å². The van der Waals surface area contributed by atoms with Gasteiger partial charge in [0.25, 0.3) is 0 Å². The summed E-state index contributed by atoms with van der Waals surface area (Å²) < 4.78 is 2.00. The number of benzene rings is 1. The van der Waals surface area contributed by atoms with Crippen molar-refractivity contribution in [3.05, 3.63) is 29.3 Å². The first-order valence-corrected chi connectivity index (χ1v) is 5.45. The van der Waals surface area contributed by atoms with E-state index in [1.54, 1.807) is 6.07 Å². The van der Waals surface area contributed by atoms with Crippen LogP contribution >= 0.6 is 22.9 Å². The summed E-state index contributed by atoms with van der Waals surface area (Å²) in [5, 5.41) is 9.03. The molecule has 0 amide bonds. The average molecular weight is 303 g/mol. The average Bonchev–Trinajstić information content (AvgIpc) is 2.17. The Labute approximate surface area is 96.2 Å². The number of aromatic carboxylic acids is 1. The number of para-hydroxylation sites is 1. The zero-order chi connectivity index (χ0) is 10.1. The van der Waals surface area contributed by atoms with Crippen molar-refractivity contribution >= 4 is 34.5 Å². The van der Waals surface area contributed by atoms with Gasteiger partial charge in [-0.1, -0.05) is 12.1 Å². The third-order valence-corrected chi connectivity index (χ3v) is 3.36. The molecule has 1 aromatic rings. The Kier molecular flexibility index (Phi) is 2.62. The molecule has 4 heteroatoms. The maximum absolute atomic E-state index is 11.0. The molecule has 0 aliphatic carbocycles. The van der Waals surface area contributed by atoms with Crippen LogP contribution in [0.3, 0.4) is 0 Å². The molecule has 2 rings (SSSR count). The van der Waals surface area contributed by atoms with E-state index >= 15 is 0 Å². The Morgan fingerprint density at radius 3 is 3.00 bits per heavy atom. The van der Waals surface area contributed by atoms with E-state index in [0.717, 1.165) is 30.6 Å². The molecular weight excluding hydrogens is 293 g/mol. The van der Waals surface area contributed by atoms with Gasteiger partial charge in [0.05, 0.1) is 34.1 Å². The van der Waals surface area contributed by atoms with E-state index in [1.165, 1.54) is 0 Å². The van der Waals surface area contributed by atoms with Gasteiger partial charge in [-0.05, 0) is 24.5 Å². The van der Waals surface area contributed by atoms with Crippen LogP contribution in [0.5, 0.6) is 0 Å². The van der Waals surface area contributed by atoms with Gasteiger partial charge >= 0.3 is 5.97 Å². The van der Waals surface area contributed by atoms with Gasteiger partial charge < -0.3 is 8.22 Å². The van der Waals surface area contributed by atoms with Crippen LogP contribution in [0.2, 0.25) is 0 Å². The third kappa shape index (κ3) is 1.58. The monoisotopic (exact) mass is 303 g/mol. The highest BCUT2D eigenvalue weighted by Crippen LogP contribution is 2.33. The van der Waals surface area contributed by atoms with E-state index in [9.17, 15) is 4.79 Å². The van der Waals surface area contributed by atoms with Gasteiger partial charge in [-0.2, -0.15) is 0 Å². The molecule has 0 atom stereocenters. The molecule has 0 saturated carbocycles. The molecule has 1 aliphatic rings. The normalized spacial score (nSPS) is 15.1. The second-order valence-corrected chi connectivity index (χ2v) is 4.47.